The largest absolute Gasteiger partial charge is 0.381 e. The lowest BCUT2D eigenvalue weighted by Gasteiger charge is -2.15. The maximum Gasteiger partial charge on any atom is 0.0594 e. The van der Waals surface area contributed by atoms with Crippen LogP contribution in [-0.2, 0) is 4.74 Å². The fourth-order valence-electron chi connectivity index (χ4n) is 0.723. The van der Waals surface area contributed by atoms with Gasteiger partial charge in [0.25, 0.3) is 0 Å². The van der Waals surface area contributed by atoms with Crippen LogP contribution in [-0.4, -0.2) is 13.2 Å². The summed E-state index contributed by atoms with van der Waals surface area (Å²) in [4.78, 5) is 0. The number of ether oxygens (including phenoxy) is 1. The summed E-state index contributed by atoms with van der Waals surface area (Å²) in [6.07, 6.45) is 1.21. The smallest absolute Gasteiger partial charge is 0.0594 e. The SMILES string of the molecule is [CH2]CC(OC)C(C)C. The van der Waals surface area contributed by atoms with Crippen molar-refractivity contribution in [3.05, 3.63) is 6.92 Å². The van der Waals surface area contributed by atoms with Crippen LogP contribution in [0, 0.1) is 12.8 Å². The minimum atomic E-state index is 0.343. The van der Waals surface area contributed by atoms with Gasteiger partial charge < -0.3 is 4.74 Å². The molecule has 0 aromatic carbocycles. The first-order valence-corrected chi connectivity index (χ1v) is 3.04. The Bertz CT molecular complexity index is 46.3. The van der Waals surface area contributed by atoms with Crippen molar-refractivity contribution in [1.29, 1.82) is 0 Å². The molecule has 0 saturated heterocycles. The number of methoxy groups -OCH3 is 1. The quantitative estimate of drug-likeness (QED) is 0.545. The van der Waals surface area contributed by atoms with Gasteiger partial charge in [-0.1, -0.05) is 20.8 Å². The molecule has 49 valence electrons. The molecular formula is C7H15O. The lowest BCUT2D eigenvalue weighted by atomic mass is 10.1. The zero-order valence-electron chi connectivity index (χ0n) is 5.98. The Morgan fingerprint density at radius 2 is 2.00 bits per heavy atom. The molecule has 0 amide bonds. The maximum atomic E-state index is 5.10. The summed E-state index contributed by atoms with van der Waals surface area (Å²) in [5.74, 6) is 0.595. The van der Waals surface area contributed by atoms with E-state index in [9.17, 15) is 0 Å². The Labute approximate surface area is 52.0 Å². The maximum absolute atomic E-state index is 5.10. The van der Waals surface area contributed by atoms with Crippen LogP contribution in [0.2, 0.25) is 0 Å². The summed E-state index contributed by atoms with van der Waals surface area (Å²) in [6, 6.07) is 0. The Morgan fingerprint density at radius 3 is 2.00 bits per heavy atom. The Kier molecular flexibility index (Phi) is 3.88. The van der Waals surface area contributed by atoms with Crippen molar-refractivity contribution in [3.8, 4) is 0 Å². The number of hydrogen-bond acceptors (Lipinski definition) is 1. The minimum absolute atomic E-state index is 0.343. The molecule has 0 aliphatic heterocycles. The zero-order chi connectivity index (χ0) is 6.57. The molecule has 8 heavy (non-hydrogen) atoms. The molecule has 0 heterocycles. The molecule has 0 aromatic heterocycles. The van der Waals surface area contributed by atoms with E-state index in [4.69, 9.17) is 4.74 Å². The first-order chi connectivity index (χ1) is 3.72. The van der Waals surface area contributed by atoms with Crippen molar-refractivity contribution in [1.82, 2.24) is 0 Å². The van der Waals surface area contributed by atoms with Gasteiger partial charge in [-0.2, -0.15) is 0 Å². The van der Waals surface area contributed by atoms with Gasteiger partial charge in [0.05, 0.1) is 6.10 Å². The standard InChI is InChI=1S/C7H15O/c1-5-7(8-4)6(2)3/h6-7H,1,5H2,2-4H3. The predicted octanol–water partition coefficient (Wildman–Crippen LogP) is 1.88. The molecule has 1 radical (unpaired) electrons. The van der Waals surface area contributed by atoms with E-state index in [-0.39, 0.29) is 0 Å². The Hall–Kier alpha value is -0.0400. The van der Waals surface area contributed by atoms with Crippen molar-refractivity contribution >= 4 is 0 Å². The van der Waals surface area contributed by atoms with Gasteiger partial charge in [-0.25, -0.2) is 0 Å². The first-order valence-electron chi connectivity index (χ1n) is 3.04. The summed E-state index contributed by atoms with van der Waals surface area (Å²) in [5.41, 5.74) is 0. The molecule has 1 unspecified atom stereocenters. The van der Waals surface area contributed by atoms with E-state index in [1.807, 2.05) is 0 Å². The lowest BCUT2D eigenvalue weighted by Crippen LogP contribution is -2.16. The van der Waals surface area contributed by atoms with E-state index in [0.29, 0.717) is 12.0 Å². The van der Waals surface area contributed by atoms with E-state index in [2.05, 4.69) is 20.8 Å². The summed E-state index contributed by atoms with van der Waals surface area (Å²) in [7, 11) is 1.73. The Morgan fingerprint density at radius 1 is 1.50 bits per heavy atom. The van der Waals surface area contributed by atoms with Crippen LogP contribution < -0.4 is 0 Å². The van der Waals surface area contributed by atoms with Crippen LogP contribution in [0.1, 0.15) is 20.3 Å². The molecule has 0 aromatic rings. The van der Waals surface area contributed by atoms with Gasteiger partial charge in [0.2, 0.25) is 0 Å². The third-order valence-corrected chi connectivity index (χ3v) is 1.33. The first kappa shape index (κ1) is 7.96. The van der Waals surface area contributed by atoms with Crippen molar-refractivity contribution in [2.24, 2.45) is 5.92 Å². The highest BCUT2D eigenvalue weighted by Gasteiger charge is 2.07. The normalized spacial score (nSPS) is 14.6. The molecule has 0 fully saturated rings. The van der Waals surface area contributed by atoms with Crippen molar-refractivity contribution in [3.63, 3.8) is 0 Å². The molecule has 1 heteroatoms. The molecule has 0 spiro atoms. The second-order valence-corrected chi connectivity index (χ2v) is 2.31. The van der Waals surface area contributed by atoms with Crippen LogP contribution in [0.25, 0.3) is 0 Å². The van der Waals surface area contributed by atoms with Gasteiger partial charge in [-0.15, -0.1) is 0 Å². The molecule has 0 aliphatic rings. The molecule has 0 rings (SSSR count). The van der Waals surface area contributed by atoms with Crippen LogP contribution in [0.5, 0.6) is 0 Å². The number of rotatable bonds is 3. The molecule has 0 N–H and O–H groups in total. The predicted molar refractivity (Wildman–Crippen MR) is 35.6 cm³/mol. The highest BCUT2D eigenvalue weighted by molar-refractivity contribution is 4.61. The van der Waals surface area contributed by atoms with Gasteiger partial charge in [0.1, 0.15) is 0 Å². The summed E-state index contributed by atoms with van der Waals surface area (Å²) < 4.78 is 5.10. The van der Waals surface area contributed by atoms with Gasteiger partial charge in [0.15, 0.2) is 0 Å². The summed E-state index contributed by atoms with van der Waals surface area (Å²) in [5, 5.41) is 0. The van der Waals surface area contributed by atoms with Gasteiger partial charge in [-0.3, -0.25) is 0 Å². The fraction of sp³-hybridized carbons (Fsp3) is 0.857. The second kappa shape index (κ2) is 3.90. The van der Waals surface area contributed by atoms with E-state index >= 15 is 0 Å². The van der Waals surface area contributed by atoms with Crippen molar-refractivity contribution in [2.75, 3.05) is 7.11 Å². The van der Waals surface area contributed by atoms with E-state index in [0.717, 1.165) is 6.42 Å². The number of hydrogen-bond donors (Lipinski definition) is 0. The van der Waals surface area contributed by atoms with Gasteiger partial charge >= 0.3 is 0 Å². The molecule has 1 nitrogen and oxygen atoms in total. The monoisotopic (exact) mass is 115 g/mol. The molecular weight excluding hydrogens is 100 g/mol. The highest BCUT2D eigenvalue weighted by Crippen LogP contribution is 2.07. The average molecular weight is 115 g/mol. The van der Waals surface area contributed by atoms with Crippen LogP contribution in [0.3, 0.4) is 0 Å². The third-order valence-electron chi connectivity index (χ3n) is 1.33. The van der Waals surface area contributed by atoms with E-state index in [1.165, 1.54) is 0 Å². The molecule has 0 aliphatic carbocycles. The van der Waals surface area contributed by atoms with E-state index < -0.39 is 0 Å². The topological polar surface area (TPSA) is 9.23 Å². The minimum Gasteiger partial charge on any atom is -0.381 e. The zero-order valence-corrected chi connectivity index (χ0v) is 5.98. The molecule has 1 atom stereocenters. The second-order valence-electron chi connectivity index (χ2n) is 2.31. The van der Waals surface area contributed by atoms with Crippen LogP contribution in [0.4, 0.5) is 0 Å². The summed E-state index contributed by atoms with van der Waals surface area (Å²) >= 11 is 0. The third kappa shape index (κ3) is 2.31. The van der Waals surface area contributed by atoms with E-state index in [1.54, 1.807) is 7.11 Å². The fourth-order valence-corrected chi connectivity index (χ4v) is 0.723. The highest BCUT2D eigenvalue weighted by atomic mass is 16.5. The van der Waals surface area contributed by atoms with Gasteiger partial charge in [0, 0.05) is 7.11 Å². The summed E-state index contributed by atoms with van der Waals surface area (Å²) in [6.45, 7) is 8.03. The van der Waals surface area contributed by atoms with Gasteiger partial charge in [-0.05, 0) is 12.3 Å². The van der Waals surface area contributed by atoms with Crippen molar-refractivity contribution in [2.45, 2.75) is 26.4 Å². The van der Waals surface area contributed by atoms with Crippen LogP contribution in [0.15, 0.2) is 0 Å². The van der Waals surface area contributed by atoms with Crippen molar-refractivity contribution < 1.29 is 4.74 Å². The molecule has 0 saturated carbocycles. The average Bonchev–Trinajstić information content (AvgIpc) is 1.69. The Balaban J connectivity index is 3.35. The van der Waals surface area contributed by atoms with Crippen LogP contribution >= 0.6 is 0 Å². The molecule has 0 bridgehead atoms. The lowest BCUT2D eigenvalue weighted by molar-refractivity contribution is 0.0670.